The molecule has 0 N–H and O–H groups in total. The Hall–Kier alpha value is -1.30. The van der Waals surface area contributed by atoms with Crippen LogP contribution in [-0.4, -0.2) is 0 Å². The molecule has 74 valence electrons. The van der Waals surface area contributed by atoms with Crippen molar-refractivity contribution >= 4 is 6.08 Å². The van der Waals surface area contributed by atoms with Crippen molar-refractivity contribution in [2.75, 3.05) is 0 Å². The van der Waals surface area contributed by atoms with Crippen molar-refractivity contribution in [1.82, 2.24) is 0 Å². The van der Waals surface area contributed by atoms with Crippen molar-refractivity contribution in [3.8, 4) is 0 Å². The first-order valence-electron chi connectivity index (χ1n) is 5.08. The third-order valence-electron chi connectivity index (χ3n) is 2.13. The molecule has 0 aliphatic rings. The molecule has 1 aromatic rings. The molecule has 0 saturated heterocycles. The summed E-state index contributed by atoms with van der Waals surface area (Å²) in [6.07, 6.45) is 7.54. The SMILES string of the molecule is C/C=C/c1ccccc1CC=C(C)C. The predicted octanol–water partition coefficient (Wildman–Crippen LogP) is 4.23. The second-order valence-electron chi connectivity index (χ2n) is 3.68. The van der Waals surface area contributed by atoms with Crippen LogP contribution in [0, 0.1) is 0 Å². The predicted molar refractivity (Wildman–Crippen MR) is 64.3 cm³/mol. The van der Waals surface area contributed by atoms with Gasteiger partial charge >= 0.3 is 0 Å². The van der Waals surface area contributed by atoms with Gasteiger partial charge in [-0.15, -0.1) is 0 Å². The van der Waals surface area contributed by atoms with Gasteiger partial charge < -0.3 is 0 Å². The zero-order valence-corrected chi connectivity index (χ0v) is 9.25. The van der Waals surface area contributed by atoms with E-state index in [9.17, 15) is 0 Å². The molecule has 0 heteroatoms. The largest absolute Gasteiger partial charge is 0.0871 e. The van der Waals surface area contributed by atoms with Gasteiger partial charge in [-0.3, -0.25) is 0 Å². The summed E-state index contributed by atoms with van der Waals surface area (Å²) in [5, 5.41) is 0. The lowest BCUT2D eigenvalue weighted by molar-refractivity contribution is 1.21. The minimum atomic E-state index is 1.03. The Bertz CT molecular complexity index is 339. The van der Waals surface area contributed by atoms with Crippen LogP contribution in [0.2, 0.25) is 0 Å². The molecule has 0 amide bonds. The lowest BCUT2D eigenvalue weighted by atomic mass is 10.0. The number of allylic oxidation sites excluding steroid dienone is 3. The fourth-order valence-electron chi connectivity index (χ4n) is 1.38. The Kier molecular flexibility index (Phi) is 4.18. The first-order valence-corrected chi connectivity index (χ1v) is 5.08. The molecule has 0 atom stereocenters. The Morgan fingerprint density at radius 1 is 1.21 bits per heavy atom. The maximum atomic E-state index is 2.27. The van der Waals surface area contributed by atoms with Crippen molar-refractivity contribution in [3.05, 3.63) is 53.1 Å². The fraction of sp³-hybridized carbons (Fsp3) is 0.286. The molecule has 0 unspecified atom stereocenters. The van der Waals surface area contributed by atoms with Gasteiger partial charge in [0.25, 0.3) is 0 Å². The van der Waals surface area contributed by atoms with E-state index in [0.717, 1.165) is 6.42 Å². The lowest BCUT2D eigenvalue weighted by Gasteiger charge is -2.02. The molecule has 1 rings (SSSR count). The average Bonchev–Trinajstić information content (AvgIpc) is 2.17. The van der Waals surface area contributed by atoms with Crippen LogP contribution in [0.4, 0.5) is 0 Å². The van der Waals surface area contributed by atoms with Gasteiger partial charge in [-0.05, 0) is 38.3 Å². The number of hydrogen-bond donors (Lipinski definition) is 0. The highest BCUT2D eigenvalue weighted by Crippen LogP contribution is 2.12. The molecule has 0 saturated carbocycles. The van der Waals surface area contributed by atoms with Crippen LogP contribution in [0.3, 0.4) is 0 Å². The Morgan fingerprint density at radius 3 is 2.57 bits per heavy atom. The van der Waals surface area contributed by atoms with E-state index in [1.807, 2.05) is 0 Å². The summed E-state index contributed by atoms with van der Waals surface area (Å²) in [4.78, 5) is 0. The van der Waals surface area contributed by atoms with Crippen molar-refractivity contribution in [3.63, 3.8) is 0 Å². The Morgan fingerprint density at radius 2 is 1.93 bits per heavy atom. The van der Waals surface area contributed by atoms with Crippen LogP contribution in [0.5, 0.6) is 0 Å². The molecule has 0 aromatic heterocycles. The first kappa shape index (κ1) is 10.8. The van der Waals surface area contributed by atoms with Gasteiger partial charge in [0, 0.05) is 0 Å². The quantitative estimate of drug-likeness (QED) is 0.620. The summed E-state index contributed by atoms with van der Waals surface area (Å²) in [6.45, 7) is 6.33. The van der Waals surface area contributed by atoms with E-state index in [1.54, 1.807) is 0 Å². The third-order valence-corrected chi connectivity index (χ3v) is 2.13. The van der Waals surface area contributed by atoms with Crippen LogP contribution in [-0.2, 0) is 6.42 Å². The molecular weight excluding hydrogens is 168 g/mol. The monoisotopic (exact) mass is 186 g/mol. The Labute approximate surface area is 87.0 Å². The maximum absolute atomic E-state index is 2.27. The van der Waals surface area contributed by atoms with E-state index < -0.39 is 0 Å². The van der Waals surface area contributed by atoms with E-state index in [1.165, 1.54) is 16.7 Å². The molecular formula is C14H18. The first-order chi connectivity index (χ1) is 6.74. The third kappa shape index (κ3) is 3.21. The van der Waals surface area contributed by atoms with Gasteiger partial charge in [0.1, 0.15) is 0 Å². The van der Waals surface area contributed by atoms with E-state index in [0.29, 0.717) is 0 Å². The molecule has 0 bridgehead atoms. The molecule has 1 aromatic carbocycles. The van der Waals surface area contributed by atoms with Gasteiger partial charge in [-0.1, -0.05) is 48.1 Å². The van der Waals surface area contributed by atoms with Crippen LogP contribution in [0.1, 0.15) is 31.9 Å². The fourth-order valence-corrected chi connectivity index (χ4v) is 1.38. The van der Waals surface area contributed by atoms with Crippen molar-refractivity contribution in [1.29, 1.82) is 0 Å². The van der Waals surface area contributed by atoms with Crippen LogP contribution in [0.25, 0.3) is 6.08 Å². The standard InChI is InChI=1S/C14H18/c1-4-7-13-8-5-6-9-14(13)11-10-12(2)3/h4-10H,11H2,1-3H3/b7-4+. The van der Waals surface area contributed by atoms with E-state index >= 15 is 0 Å². The molecule has 0 aliphatic heterocycles. The average molecular weight is 186 g/mol. The normalized spacial score (nSPS) is 10.5. The highest BCUT2D eigenvalue weighted by atomic mass is 14.0. The maximum Gasteiger partial charge on any atom is -0.00890 e. The molecule has 0 heterocycles. The zero-order chi connectivity index (χ0) is 10.4. The summed E-state index contributed by atoms with van der Waals surface area (Å²) in [5.74, 6) is 0. The van der Waals surface area contributed by atoms with Crippen molar-refractivity contribution in [2.24, 2.45) is 0 Å². The van der Waals surface area contributed by atoms with E-state index in [2.05, 4.69) is 63.3 Å². The van der Waals surface area contributed by atoms with Gasteiger partial charge in [0.15, 0.2) is 0 Å². The summed E-state index contributed by atoms with van der Waals surface area (Å²) in [6, 6.07) is 8.53. The summed E-state index contributed by atoms with van der Waals surface area (Å²) in [7, 11) is 0. The molecule has 0 radical (unpaired) electrons. The van der Waals surface area contributed by atoms with Gasteiger partial charge in [-0.25, -0.2) is 0 Å². The van der Waals surface area contributed by atoms with Crippen LogP contribution < -0.4 is 0 Å². The van der Waals surface area contributed by atoms with E-state index in [4.69, 9.17) is 0 Å². The van der Waals surface area contributed by atoms with Gasteiger partial charge in [-0.2, -0.15) is 0 Å². The zero-order valence-electron chi connectivity index (χ0n) is 9.25. The smallest absolute Gasteiger partial charge is 0.00890 e. The van der Waals surface area contributed by atoms with Gasteiger partial charge in [0.2, 0.25) is 0 Å². The number of benzene rings is 1. The summed E-state index contributed by atoms with van der Waals surface area (Å²) < 4.78 is 0. The molecule has 0 spiro atoms. The summed E-state index contributed by atoms with van der Waals surface area (Å²) in [5.41, 5.74) is 4.10. The Balaban J connectivity index is 2.90. The molecule has 0 nitrogen and oxygen atoms in total. The lowest BCUT2D eigenvalue weighted by Crippen LogP contribution is -1.86. The second-order valence-corrected chi connectivity index (χ2v) is 3.68. The molecule has 14 heavy (non-hydrogen) atoms. The topological polar surface area (TPSA) is 0 Å². The highest BCUT2D eigenvalue weighted by Gasteiger charge is 1.95. The number of hydrogen-bond acceptors (Lipinski definition) is 0. The minimum absolute atomic E-state index is 1.03. The van der Waals surface area contributed by atoms with Crippen molar-refractivity contribution in [2.45, 2.75) is 27.2 Å². The summed E-state index contributed by atoms with van der Waals surface area (Å²) >= 11 is 0. The highest BCUT2D eigenvalue weighted by molar-refractivity contribution is 5.53. The van der Waals surface area contributed by atoms with Crippen molar-refractivity contribution < 1.29 is 0 Å². The van der Waals surface area contributed by atoms with E-state index in [-0.39, 0.29) is 0 Å². The van der Waals surface area contributed by atoms with Gasteiger partial charge in [0.05, 0.1) is 0 Å². The number of rotatable bonds is 3. The second kappa shape index (κ2) is 5.43. The van der Waals surface area contributed by atoms with Crippen LogP contribution in [0.15, 0.2) is 42.0 Å². The minimum Gasteiger partial charge on any atom is -0.0871 e. The molecule has 0 fully saturated rings. The molecule has 0 aliphatic carbocycles. The van der Waals surface area contributed by atoms with Crippen LogP contribution >= 0.6 is 0 Å².